The van der Waals surface area contributed by atoms with Gasteiger partial charge >= 0.3 is 8.56 Å². The molecular formula is C20H36N2O3Si. The predicted molar refractivity (Wildman–Crippen MR) is 108 cm³/mol. The summed E-state index contributed by atoms with van der Waals surface area (Å²) in [7, 11) is 2.81. The molecule has 1 saturated heterocycles. The van der Waals surface area contributed by atoms with Crippen molar-refractivity contribution in [2.75, 3.05) is 27.9 Å². The van der Waals surface area contributed by atoms with Gasteiger partial charge in [-0.1, -0.05) is 50.6 Å². The second kappa shape index (κ2) is 9.44. The van der Waals surface area contributed by atoms with Crippen molar-refractivity contribution in [1.29, 1.82) is 0 Å². The third-order valence-electron chi connectivity index (χ3n) is 5.89. The molecule has 0 aliphatic carbocycles. The molecule has 2 rings (SSSR count). The fraction of sp³-hybridized carbons (Fsp3) is 0.700. The molecule has 1 aromatic rings. The lowest BCUT2D eigenvalue weighted by atomic mass is 9.91. The summed E-state index contributed by atoms with van der Waals surface area (Å²) in [5.74, 6) is 0. The van der Waals surface area contributed by atoms with Gasteiger partial charge in [0, 0.05) is 27.9 Å². The maximum atomic E-state index is 6.36. The summed E-state index contributed by atoms with van der Waals surface area (Å²) in [6, 6.07) is 11.5. The van der Waals surface area contributed by atoms with Crippen LogP contribution < -0.4 is 10.6 Å². The smallest absolute Gasteiger partial charge is 0.374 e. The van der Waals surface area contributed by atoms with Crippen LogP contribution in [0.15, 0.2) is 30.3 Å². The Bertz CT molecular complexity index is 537. The summed E-state index contributed by atoms with van der Waals surface area (Å²) in [5.41, 5.74) is 0.887. The molecule has 0 amide bonds. The molecule has 2 atom stereocenters. The van der Waals surface area contributed by atoms with Crippen LogP contribution in [0.1, 0.15) is 45.1 Å². The number of rotatable bonds is 10. The standard InChI is InChI=1S/C20H36N2O3Si/c1-6-14-20(23-3)19(21-7-2,15-11-16-26(20,24-4)25-5)22-17-18-12-9-8-10-13-18/h8-10,12-13,21-22H,6-7,11,14-17H2,1-5H3. The maximum Gasteiger partial charge on any atom is 0.374 e. The van der Waals surface area contributed by atoms with Crippen LogP contribution in [-0.2, 0) is 20.1 Å². The van der Waals surface area contributed by atoms with Gasteiger partial charge in [-0.25, -0.2) is 0 Å². The van der Waals surface area contributed by atoms with Crippen LogP contribution in [0.25, 0.3) is 0 Å². The van der Waals surface area contributed by atoms with Crippen molar-refractivity contribution in [2.45, 2.75) is 63.0 Å². The largest absolute Gasteiger partial charge is 0.396 e. The molecule has 148 valence electrons. The van der Waals surface area contributed by atoms with Crippen molar-refractivity contribution >= 4 is 8.56 Å². The minimum atomic E-state index is -2.59. The van der Waals surface area contributed by atoms with E-state index in [9.17, 15) is 0 Å². The van der Waals surface area contributed by atoms with E-state index in [1.165, 1.54) is 5.56 Å². The van der Waals surface area contributed by atoms with Crippen molar-refractivity contribution in [2.24, 2.45) is 0 Å². The molecule has 1 aliphatic rings. The third kappa shape index (κ3) is 3.63. The van der Waals surface area contributed by atoms with E-state index in [1.807, 2.05) is 7.11 Å². The van der Waals surface area contributed by atoms with Gasteiger partial charge in [-0.15, -0.1) is 0 Å². The molecule has 2 N–H and O–H groups in total. The molecule has 2 unspecified atom stereocenters. The summed E-state index contributed by atoms with van der Waals surface area (Å²) in [6.07, 6.45) is 3.95. The molecular weight excluding hydrogens is 344 g/mol. The molecule has 0 saturated carbocycles. The minimum Gasteiger partial charge on any atom is -0.396 e. The van der Waals surface area contributed by atoms with Crippen LogP contribution in [0.2, 0.25) is 6.04 Å². The highest BCUT2D eigenvalue weighted by Gasteiger charge is 2.69. The highest BCUT2D eigenvalue weighted by atomic mass is 28.4. The second-order valence-electron chi connectivity index (χ2n) is 7.07. The van der Waals surface area contributed by atoms with Crippen LogP contribution >= 0.6 is 0 Å². The number of nitrogens with one attached hydrogen (secondary N) is 2. The summed E-state index contributed by atoms with van der Waals surface area (Å²) >= 11 is 0. The molecule has 0 bridgehead atoms. The SMILES string of the molecule is CCCC1(OC)C(NCC)(NCc2ccccc2)CCC[Si]1(OC)OC. The topological polar surface area (TPSA) is 51.8 Å². The molecule has 1 aliphatic heterocycles. The van der Waals surface area contributed by atoms with Gasteiger partial charge in [0.25, 0.3) is 0 Å². The summed E-state index contributed by atoms with van der Waals surface area (Å²) in [4.78, 5) is 0. The van der Waals surface area contributed by atoms with E-state index in [4.69, 9.17) is 13.6 Å². The third-order valence-corrected chi connectivity index (χ3v) is 10.3. The number of likely N-dealkylation sites (N-methyl/N-ethyl adjacent to an activating group) is 1. The van der Waals surface area contributed by atoms with E-state index < -0.39 is 13.8 Å². The lowest BCUT2D eigenvalue weighted by Crippen LogP contribution is -2.83. The van der Waals surface area contributed by atoms with E-state index in [0.717, 1.165) is 44.8 Å². The lowest BCUT2D eigenvalue weighted by molar-refractivity contribution is -0.0943. The number of benzene rings is 1. The second-order valence-corrected chi connectivity index (χ2v) is 10.7. The van der Waals surface area contributed by atoms with Gasteiger partial charge in [-0.3, -0.25) is 10.6 Å². The number of hydrogen-bond acceptors (Lipinski definition) is 5. The number of methoxy groups -OCH3 is 1. The van der Waals surface area contributed by atoms with Gasteiger partial charge in [0.2, 0.25) is 0 Å². The number of hydrogen-bond donors (Lipinski definition) is 2. The molecule has 26 heavy (non-hydrogen) atoms. The Kier molecular flexibility index (Phi) is 7.82. The Morgan fingerprint density at radius 1 is 1.04 bits per heavy atom. The van der Waals surface area contributed by atoms with Crippen LogP contribution in [0.4, 0.5) is 0 Å². The normalized spacial score (nSPS) is 28.2. The maximum absolute atomic E-state index is 6.36. The highest BCUT2D eigenvalue weighted by Crippen LogP contribution is 2.47. The van der Waals surface area contributed by atoms with Gasteiger partial charge in [0.15, 0.2) is 0 Å². The average Bonchev–Trinajstić information content (AvgIpc) is 2.69. The van der Waals surface area contributed by atoms with Crippen molar-refractivity contribution in [3.05, 3.63) is 35.9 Å². The average molecular weight is 381 g/mol. The monoisotopic (exact) mass is 380 g/mol. The zero-order valence-corrected chi connectivity index (χ0v) is 18.1. The van der Waals surface area contributed by atoms with Crippen LogP contribution in [0.5, 0.6) is 0 Å². The fourth-order valence-electron chi connectivity index (χ4n) is 4.80. The van der Waals surface area contributed by atoms with E-state index in [0.29, 0.717) is 0 Å². The fourth-order valence-corrected chi connectivity index (χ4v) is 8.97. The highest BCUT2D eigenvalue weighted by molar-refractivity contribution is 6.71. The summed E-state index contributed by atoms with van der Waals surface area (Å²) in [5, 5.41) is 7.10. The Balaban J connectivity index is 2.47. The van der Waals surface area contributed by atoms with Crippen molar-refractivity contribution in [3.8, 4) is 0 Å². The van der Waals surface area contributed by atoms with E-state index >= 15 is 0 Å². The predicted octanol–water partition coefficient (Wildman–Crippen LogP) is 3.34. The lowest BCUT2D eigenvalue weighted by Gasteiger charge is -2.59. The molecule has 0 radical (unpaired) electrons. The summed E-state index contributed by atoms with van der Waals surface area (Å²) < 4.78 is 18.7. The van der Waals surface area contributed by atoms with E-state index in [-0.39, 0.29) is 5.66 Å². The molecule has 0 aromatic heterocycles. The Morgan fingerprint density at radius 2 is 1.73 bits per heavy atom. The number of ether oxygens (including phenoxy) is 1. The van der Waals surface area contributed by atoms with E-state index in [2.05, 4.69) is 54.8 Å². The molecule has 5 nitrogen and oxygen atoms in total. The molecule has 0 spiro atoms. The van der Waals surface area contributed by atoms with Gasteiger partial charge < -0.3 is 13.6 Å². The van der Waals surface area contributed by atoms with E-state index in [1.54, 1.807) is 14.2 Å². The molecule has 6 heteroatoms. The van der Waals surface area contributed by atoms with Gasteiger partial charge in [-0.05, 0) is 37.4 Å². The van der Waals surface area contributed by atoms with Crippen LogP contribution in [0, 0.1) is 0 Å². The molecule has 1 fully saturated rings. The van der Waals surface area contributed by atoms with Gasteiger partial charge in [-0.2, -0.15) is 0 Å². The van der Waals surface area contributed by atoms with Gasteiger partial charge in [0.05, 0.1) is 0 Å². The van der Waals surface area contributed by atoms with Crippen molar-refractivity contribution < 1.29 is 13.6 Å². The first-order chi connectivity index (χ1) is 12.6. The van der Waals surface area contributed by atoms with Crippen molar-refractivity contribution in [1.82, 2.24) is 10.6 Å². The molecule has 1 heterocycles. The Labute approximate surface area is 160 Å². The summed E-state index contributed by atoms with van der Waals surface area (Å²) in [6.45, 7) is 5.98. The first-order valence-corrected chi connectivity index (χ1v) is 11.8. The zero-order valence-electron chi connectivity index (χ0n) is 17.1. The Morgan fingerprint density at radius 3 is 2.27 bits per heavy atom. The Hall–Kier alpha value is -0.763. The zero-order chi connectivity index (χ0) is 19.1. The van der Waals surface area contributed by atoms with Crippen LogP contribution in [-0.4, -0.2) is 47.3 Å². The first-order valence-electron chi connectivity index (χ1n) is 9.78. The van der Waals surface area contributed by atoms with Crippen molar-refractivity contribution in [3.63, 3.8) is 0 Å². The molecule has 1 aromatic carbocycles. The first kappa shape index (κ1) is 21.5. The quantitative estimate of drug-likeness (QED) is 0.482. The minimum absolute atomic E-state index is 0.376. The van der Waals surface area contributed by atoms with Crippen LogP contribution in [0.3, 0.4) is 0 Å². The van der Waals surface area contributed by atoms with Gasteiger partial charge in [0.1, 0.15) is 10.9 Å².